The second kappa shape index (κ2) is 7.92. The Hall–Kier alpha value is -2.69. The van der Waals surface area contributed by atoms with Crippen LogP contribution in [0.25, 0.3) is 0 Å². The van der Waals surface area contributed by atoms with Crippen LogP contribution in [0.4, 0.5) is 4.79 Å². The standard InChI is InChI=1S/C20H25NO4/c1-14(12-21-19(23)24)13-25-18-10-6-16(7-11-18)20(2,3)15-4-8-17(22)9-5-15/h4-11,14,21-22H,12-13H2,1-3H3,(H,23,24). The number of aromatic hydroxyl groups is 1. The lowest BCUT2D eigenvalue weighted by Crippen LogP contribution is -2.29. The third kappa shape index (κ3) is 5.14. The van der Waals surface area contributed by atoms with Crippen molar-refractivity contribution in [3.05, 3.63) is 59.7 Å². The number of carbonyl (C=O) groups is 1. The average Bonchev–Trinajstić information content (AvgIpc) is 2.59. The predicted molar refractivity (Wildman–Crippen MR) is 97.4 cm³/mol. The smallest absolute Gasteiger partial charge is 0.404 e. The summed E-state index contributed by atoms with van der Waals surface area (Å²) in [4.78, 5) is 10.5. The highest BCUT2D eigenvalue weighted by atomic mass is 16.5. The minimum atomic E-state index is -1.02. The molecule has 134 valence electrons. The monoisotopic (exact) mass is 343 g/mol. The van der Waals surface area contributed by atoms with Crippen LogP contribution in [0.3, 0.4) is 0 Å². The van der Waals surface area contributed by atoms with E-state index in [0.29, 0.717) is 13.2 Å². The van der Waals surface area contributed by atoms with Crippen molar-refractivity contribution in [2.75, 3.05) is 13.2 Å². The lowest BCUT2D eigenvalue weighted by atomic mass is 9.78. The quantitative estimate of drug-likeness (QED) is 0.710. The molecule has 0 saturated carbocycles. The maximum absolute atomic E-state index is 10.5. The maximum Gasteiger partial charge on any atom is 0.404 e. The number of amides is 1. The number of ether oxygens (including phenoxy) is 1. The Morgan fingerprint density at radius 2 is 1.60 bits per heavy atom. The van der Waals surface area contributed by atoms with Crippen LogP contribution in [0.15, 0.2) is 48.5 Å². The number of nitrogens with one attached hydrogen (secondary N) is 1. The third-order valence-electron chi connectivity index (χ3n) is 4.30. The van der Waals surface area contributed by atoms with E-state index in [2.05, 4.69) is 19.2 Å². The maximum atomic E-state index is 10.5. The summed E-state index contributed by atoms with van der Waals surface area (Å²) in [5.41, 5.74) is 2.07. The largest absolute Gasteiger partial charge is 0.508 e. The Kier molecular flexibility index (Phi) is 5.91. The van der Waals surface area contributed by atoms with E-state index in [0.717, 1.165) is 16.9 Å². The molecule has 5 nitrogen and oxygen atoms in total. The lowest BCUT2D eigenvalue weighted by Gasteiger charge is -2.26. The molecular formula is C20H25NO4. The molecule has 2 aromatic carbocycles. The molecule has 0 aromatic heterocycles. The summed E-state index contributed by atoms with van der Waals surface area (Å²) in [7, 11) is 0. The molecular weight excluding hydrogens is 318 g/mol. The van der Waals surface area contributed by atoms with Crippen molar-refractivity contribution in [1.82, 2.24) is 5.32 Å². The average molecular weight is 343 g/mol. The van der Waals surface area contributed by atoms with Crippen LogP contribution >= 0.6 is 0 Å². The molecule has 0 bridgehead atoms. The summed E-state index contributed by atoms with van der Waals surface area (Å²) >= 11 is 0. The zero-order valence-corrected chi connectivity index (χ0v) is 14.8. The van der Waals surface area contributed by atoms with Crippen LogP contribution in [0.1, 0.15) is 31.9 Å². The molecule has 0 aliphatic rings. The topological polar surface area (TPSA) is 78.8 Å². The number of hydrogen-bond donors (Lipinski definition) is 3. The van der Waals surface area contributed by atoms with Gasteiger partial charge in [0, 0.05) is 17.9 Å². The van der Waals surface area contributed by atoms with E-state index in [-0.39, 0.29) is 17.1 Å². The summed E-state index contributed by atoms with van der Waals surface area (Å²) in [5, 5.41) is 20.4. The number of phenolic OH excluding ortho intramolecular Hbond substituents is 1. The fraction of sp³-hybridized carbons (Fsp3) is 0.350. The molecule has 2 rings (SSSR count). The number of benzene rings is 2. The molecule has 0 saturated heterocycles. The molecule has 0 aliphatic carbocycles. The van der Waals surface area contributed by atoms with Gasteiger partial charge in [0.25, 0.3) is 0 Å². The normalized spacial score (nSPS) is 12.4. The molecule has 3 N–H and O–H groups in total. The minimum absolute atomic E-state index is 0.0872. The highest BCUT2D eigenvalue weighted by molar-refractivity contribution is 5.64. The van der Waals surface area contributed by atoms with E-state index in [1.807, 2.05) is 43.3 Å². The van der Waals surface area contributed by atoms with Gasteiger partial charge in [-0.2, -0.15) is 0 Å². The first-order chi connectivity index (χ1) is 11.8. The Balaban J connectivity index is 1.99. The molecule has 1 atom stereocenters. The van der Waals surface area contributed by atoms with E-state index < -0.39 is 6.09 Å². The molecule has 1 unspecified atom stereocenters. The van der Waals surface area contributed by atoms with E-state index in [1.165, 1.54) is 0 Å². The highest BCUT2D eigenvalue weighted by Gasteiger charge is 2.23. The van der Waals surface area contributed by atoms with Gasteiger partial charge < -0.3 is 20.3 Å². The van der Waals surface area contributed by atoms with Gasteiger partial charge in [0.15, 0.2) is 0 Å². The van der Waals surface area contributed by atoms with Crippen molar-refractivity contribution in [3.8, 4) is 11.5 Å². The van der Waals surface area contributed by atoms with Crippen LogP contribution < -0.4 is 10.1 Å². The molecule has 0 aliphatic heterocycles. The van der Waals surface area contributed by atoms with Gasteiger partial charge in [0.1, 0.15) is 11.5 Å². The first-order valence-corrected chi connectivity index (χ1v) is 8.28. The zero-order chi connectivity index (χ0) is 18.4. The van der Waals surface area contributed by atoms with Gasteiger partial charge in [0.05, 0.1) is 6.61 Å². The third-order valence-corrected chi connectivity index (χ3v) is 4.30. The summed E-state index contributed by atoms with van der Waals surface area (Å²) in [6.45, 7) is 7.00. The molecule has 5 heteroatoms. The number of hydrogen-bond acceptors (Lipinski definition) is 3. The van der Waals surface area contributed by atoms with E-state index in [9.17, 15) is 9.90 Å². The van der Waals surface area contributed by atoms with Gasteiger partial charge in [-0.05, 0) is 35.4 Å². The Morgan fingerprint density at radius 3 is 2.12 bits per heavy atom. The second-order valence-electron chi connectivity index (χ2n) is 6.80. The van der Waals surface area contributed by atoms with Gasteiger partial charge in [-0.3, -0.25) is 0 Å². The first-order valence-electron chi connectivity index (χ1n) is 8.28. The fourth-order valence-corrected chi connectivity index (χ4v) is 2.57. The number of carboxylic acid groups (broad SMARTS) is 1. The molecule has 0 radical (unpaired) electrons. The van der Waals surface area contributed by atoms with Crippen molar-refractivity contribution in [3.63, 3.8) is 0 Å². The minimum Gasteiger partial charge on any atom is -0.508 e. The van der Waals surface area contributed by atoms with E-state index in [4.69, 9.17) is 9.84 Å². The molecule has 1 amide bonds. The zero-order valence-electron chi connectivity index (χ0n) is 14.8. The van der Waals surface area contributed by atoms with Crippen LogP contribution in [0.5, 0.6) is 11.5 Å². The van der Waals surface area contributed by atoms with Crippen molar-refractivity contribution in [1.29, 1.82) is 0 Å². The number of phenols is 1. The molecule has 2 aromatic rings. The van der Waals surface area contributed by atoms with Gasteiger partial charge in [-0.1, -0.05) is 45.0 Å². The van der Waals surface area contributed by atoms with Crippen LogP contribution in [-0.2, 0) is 5.41 Å². The highest BCUT2D eigenvalue weighted by Crippen LogP contribution is 2.33. The van der Waals surface area contributed by atoms with Gasteiger partial charge in [-0.15, -0.1) is 0 Å². The molecule has 25 heavy (non-hydrogen) atoms. The molecule has 0 fully saturated rings. The Bertz CT molecular complexity index is 693. The summed E-state index contributed by atoms with van der Waals surface area (Å²) < 4.78 is 5.72. The number of rotatable bonds is 7. The van der Waals surface area contributed by atoms with Gasteiger partial charge >= 0.3 is 6.09 Å². The van der Waals surface area contributed by atoms with Crippen molar-refractivity contribution in [2.45, 2.75) is 26.2 Å². The van der Waals surface area contributed by atoms with Crippen molar-refractivity contribution < 1.29 is 19.7 Å². The van der Waals surface area contributed by atoms with Crippen LogP contribution in [0.2, 0.25) is 0 Å². The fourth-order valence-electron chi connectivity index (χ4n) is 2.57. The molecule has 0 heterocycles. The molecule has 0 spiro atoms. The van der Waals surface area contributed by atoms with Crippen LogP contribution in [0, 0.1) is 5.92 Å². The van der Waals surface area contributed by atoms with E-state index in [1.54, 1.807) is 12.1 Å². The van der Waals surface area contributed by atoms with Gasteiger partial charge in [-0.25, -0.2) is 4.79 Å². The van der Waals surface area contributed by atoms with Crippen LogP contribution in [-0.4, -0.2) is 29.5 Å². The summed E-state index contributed by atoms with van der Waals surface area (Å²) in [6, 6.07) is 15.2. The predicted octanol–water partition coefficient (Wildman–Crippen LogP) is 4.00. The van der Waals surface area contributed by atoms with Gasteiger partial charge in [0.2, 0.25) is 0 Å². The van der Waals surface area contributed by atoms with Crippen molar-refractivity contribution in [2.24, 2.45) is 5.92 Å². The Labute approximate surface area is 148 Å². The first kappa shape index (κ1) is 18.6. The van der Waals surface area contributed by atoms with Crippen molar-refractivity contribution >= 4 is 6.09 Å². The summed E-state index contributed by atoms with van der Waals surface area (Å²) in [6.07, 6.45) is -1.02. The van der Waals surface area contributed by atoms with E-state index >= 15 is 0 Å². The SMILES string of the molecule is CC(CNC(=O)O)COc1ccc(C(C)(C)c2ccc(O)cc2)cc1. The lowest BCUT2D eigenvalue weighted by molar-refractivity contribution is 0.188. The second-order valence-corrected chi connectivity index (χ2v) is 6.80. The summed E-state index contributed by atoms with van der Waals surface area (Å²) in [5.74, 6) is 1.10. The Morgan fingerprint density at radius 1 is 1.08 bits per heavy atom.